The largest absolute Gasteiger partial charge is 0.314 e. The molecule has 0 amide bonds. The SMILES string of the molecule is CC(CNC(C)CC1CCC1)CN1CCCC1. The second-order valence-electron chi connectivity index (χ2n) is 6.45. The molecule has 2 fully saturated rings. The summed E-state index contributed by atoms with van der Waals surface area (Å²) in [7, 11) is 0. The minimum Gasteiger partial charge on any atom is -0.314 e. The third-order valence-electron chi connectivity index (χ3n) is 4.49. The molecule has 2 rings (SSSR count). The van der Waals surface area contributed by atoms with Crippen LogP contribution < -0.4 is 5.32 Å². The molecule has 1 saturated carbocycles. The third-order valence-corrected chi connectivity index (χ3v) is 4.49. The van der Waals surface area contributed by atoms with Gasteiger partial charge in [-0.25, -0.2) is 0 Å². The summed E-state index contributed by atoms with van der Waals surface area (Å²) >= 11 is 0. The minimum absolute atomic E-state index is 0.723. The zero-order valence-corrected chi connectivity index (χ0v) is 11.8. The van der Waals surface area contributed by atoms with Gasteiger partial charge in [-0.3, -0.25) is 0 Å². The fourth-order valence-electron chi connectivity index (χ4n) is 3.18. The van der Waals surface area contributed by atoms with Gasteiger partial charge in [-0.05, 0) is 57.7 Å². The molecular formula is C15H30N2. The first kappa shape index (κ1) is 13.4. The van der Waals surface area contributed by atoms with E-state index in [-0.39, 0.29) is 0 Å². The highest BCUT2D eigenvalue weighted by Gasteiger charge is 2.20. The van der Waals surface area contributed by atoms with Crippen molar-refractivity contribution >= 4 is 0 Å². The van der Waals surface area contributed by atoms with Gasteiger partial charge >= 0.3 is 0 Å². The zero-order valence-electron chi connectivity index (χ0n) is 11.8. The third kappa shape index (κ3) is 4.59. The van der Waals surface area contributed by atoms with E-state index in [1.54, 1.807) is 0 Å². The molecule has 2 aliphatic rings. The number of nitrogens with one attached hydrogen (secondary N) is 1. The van der Waals surface area contributed by atoms with Gasteiger partial charge in [-0.2, -0.15) is 0 Å². The van der Waals surface area contributed by atoms with Crippen molar-refractivity contribution in [2.75, 3.05) is 26.2 Å². The molecule has 0 aromatic carbocycles. The summed E-state index contributed by atoms with van der Waals surface area (Å²) in [6.07, 6.45) is 8.67. The van der Waals surface area contributed by atoms with E-state index in [0.717, 1.165) is 17.9 Å². The Balaban J connectivity index is 1.53. The quantitative estimate of drug-likeness (QED) is 0.733. The Hall–Kier alpha value is -0.0800. The summed E-state index contributed by atoms with van der Waals surface area (Å²) in [6.45, 7) is 9.92. The molecule has 0 aromatic heterocycles. The van der Waals surface area contributed by atoms with Crippen LogP contribution in [0, 0.1) is 11.8 Å². The Kier molecular flexibility index (Phi) is 5.30. The summed E-state index contributed by atoms with van der Waals surface area (Å²) in [4.78, 5) is 2.63. The van der Waals surface area contributed by atoms with Crippen LogP contribution in [0.3, 0.4) is 0 Å². The maximum atomic E-state index is 3.73. The zero-order chi connectivity index (χ0) is 12.1. The van der Waals surface area contributed by atoms with Crippen molar-refractivity contribution in [3.05, 3.63) is 0 Å². The van der Waals surface area contributed by atoms with Crippen LogP contribution in [-0.2, 0) is 0 Å². The summed E-state index contributed by atoms with van der Waals surface area (Å²) in [5, 5.41) is 3.73. The van der Waals surface area contributed by atoms with E-state index in [0.29, 0.717) is 0 Å². The van der Waals surface area contributed by atoms with Crippen LogP contribution >= 0.6 is 0 Å². The van der Waals surface area contributed by atoms with Gasteiger partial charge in [0.2, 0.25) is 0 Å². The first-order valence-corrected chi connectivity index (χ1v) is 7.70. The van der Waals surface area contributed by atoms with E-state index < -0.39 is 0 Å². The van der Waals surface area contributed by atoms with Crippen LogP contribution in [0.4, 0.5) is 0 Å². The monoisotopic (exact) mass is 238 g/mol. The van der Waals surface area contributed by atoms with E-state index in [2.05, 4.69) is 24.1 Å². The lowest BCUT2D eigenvalue weighted by molar-refractivity contribution is 0.248. The molecule has 1 N–H and O–H groups in total. The van der Waals surface area contributed by atoms with Crippen molar-refractivity contribution in [1.82, 2.24) is 10.2 Å². The Labute approximate surface area is 107 Å². The van der Waals surface area contributed by atoms with E-state index in [4.69, 9.17) is 0 Å². The van der Waals surface area contributed by atoms with Gasteiger partial charge in [0, 0.05) is 12.6 Å². The molecular weight excluding hydrogens is 208 g/mol. The molecule has 1 saturated heterocycles. The standard InChI is InChI=1S/C15H30N2/c1-13(12-17-8-3-4-9-17)11-16-14(2)10-15-6-5-7-15/h13-16H,3-12H2,1-2H3. The van der Waals surface area contributed by atoms with Gasteiger partial charge in [-0.15, -0.1) is 0 Å². The molecule has 17 heavy (non-hydrogen) atoms. The molecule has 0 bridgehead atoms. The molecule has 2 heteroatoms. The fourth-order valence-corrected chi connectivity index (χ4v) is 3.18. The molecule has 1 aliphatic carbocycles. The van der Waals surface area contributed by atoms with Crippen LogP contribution in [0.2, 0.25) is 0 Å². The van der Waals surface area contributed by atoms with E-state index in [1.807, 2.05) is 0 Å². The van der Waals surface area contributed by atoms with Crippen LogP contribution in [-0.4, -0.2) is 37.1 Å². The second kappa shape index (κ2) is 6.75. The van der Waals surface area contributed by atoms with Gasteiger partial charge in [0.1, 0.15) is 0 Å². The summed E-state index contributed by atoms with van der Waals surface area (Å²) in [6, 6.07) is 0.723. The van der Waals surface area contributed by atoms with E-state index in [1.165, 1.54) is 64.7 Å². The average molecular weight is 238 g/mol. The van der Waals surface area contributed by atoms with Crippen LogP contribution in [0.5, 0.6) is 0 Å². The maximum Gasteiger partial charge on any atom is 0.00414 e. The van der Waals surface area contributed by atoms with Gasteiger partial charge < -0.3 is 10.2 Å². The minimum atomic E-state index is 0.723. The Morgan fingerprint density at radius 2 is 1.82 bits per heavy atom. The lowest BCUT2D eigenvalue weighted by Gasteiger charge is -2.29. The maximum absolute atomic E-state index is 3.73. The molecule has 100 valence electrons. The average Bonchev–Trinajstić information content (AvgIpc) is 2.73. The van der Waals surface area contributed by atoms with Crippen LogP contribution in [0.15, 0.2) is 0 Å². The van der Waals surface area contributed by atoms with Gasteiger partial charge in [0.05, 0.1) is 0 Å². The second-order valence-corrected chi connectivity index (χ2v) is 6.45. The summed E-state index contributed by atoms with van der Waals surface area (Å²) < 4.78 is 0. The number of likely N-dealkylation sites (tertiary alicyclic amines) is 1. The number of hydrogen-bond acceptors (Lipinski definition) is 2. The molecule has 0 spiro atoms. The fraction of sp³-hybridized carbons (Fsp3) is 1.00. The molecule has 2 nitrogen and oxygen atoms in total. The first-order valence-electron chi connectivity index (χ1n) is 7.70. The molecule has 0 aromatic rings. The normalized spacial score (nSPS) is 25.8. The van der Waals surface area contributed by atoms with E-state index >= 15 is 0 Å². The van der Waals surface area contributed by atoms with Crippen molar-refractivity contribution in [1.29, 1.82) is 0 Å². The first-order chi connectivity index (χ1) is 8.24. The van der Waals surface area contributed by atoms with Crippen molar-refractivity contribution in [3.63, 3.8) is 0 Å². The number of hydrogen-bond donors (Lipinski definition) is 1. The molecule has 2 unspecified atom stereocenters. The van der Waals surface area contributed by atoms with Gasteiger partial charge in [-0.1, -0.05) is 26.2 Å². The highest BCUT2D eigenvalue weighted by molar-refractivity contribution is 4.76. The lowest BCUT2D eigenvalue weighted by Crippen LogP contribution is -2.37. The Morgan fingerprint density at radius 3 is 2.41 bits per heavy atom. The summed E-state index contributed by atoms with van der Waals surface area (Å²) in [5.74, 6) is 1.84. The molecule has 1 aliphatic heterocycles. The van der Waals surface area contributed by atoms with Gasteiger partial charge in [0.15, 0.2) is 0 Å². The smallest absolute Gasteiger partial charge is 0.00414 e. The molecule has 2 atom stereocenters. The molecule has 0 radical (unpaired) electrons. The predicted molar refractivity (Wildman–Crippen MR) is 74.3 cm³/mol. The topological polar surface area (TPSA) is 15.3 Å². The Morgan fingerprint density at radius 1 is 1.12 bits per heavy atom. The Bertz CT molecular complexity index is 207. The number of nitrogens with zero attached hydrogens (tertiary/aromatic N) is 1. The summed E-state index contributed by atoms with van der Waals surface area (Å²) in [5.41, 5.74) is 0. The molecule has 1 heterocycles. The number of rotatable bonds is 7. The van der Waals surface area contributed by atoms with Crippen molar-refractivity contribution in [2.45, 2.75) is 58.4 Å². The lowest BCUT2D eigenvalue weighted by atomic mass is 9.81. The van der Waals surface area contributed by atoms with E-state index in [9.17, 15) is 0 Å². The van der Waals surface area contributed by atoms with Crippen LogP contribution in [0.25, 0.3) is 0 Å². The van der Waals surface area contributed by atoms with Gasteiger partial charge in [0.25, 0.3) is 0 Å². The predicted octanol–water partition coefficient (Wildman–Crippen LogP) is 2.89. The van der Waals surface area contributed by atoms with Crippen molar-refractivity contribution in [3.8, 4) is 0 Å². The van der Waals surface area contributed by atoms with Crippen LogP contribution in [0.1, 0.15) is 52.4 Å². The highest BCUT2D eigenvalue weighted by atomic mass is 15.1. The van der Waals surface area contributed by atoms with Crippen molar-refractivity contribution < 1.29 is 0 Å². The van der Waals surface area contributed by atoms with Crippen molar-refractivity contribution in [2.24, 2.45) is 11.8 Å². The highest BCUT2D eigenvalue weighted by Crippen LogP contribution is 2.30.